The molecule has 1 heterocycles. The maximum Gasteiger partial charge on any atom is 0.248 e. The van der Waals surface area contributed by atoms with Crippen LogP contribution in [0, 0.1) is 0 Å². The van der Waals surface area contributed by atoms with Gasteiger partial charge in [-0.05, 0) is 24.6 Å². The summed E-state index contributed by atoms with van der Waals surface area (Å²) in [6.07, 6.45) is 0. The highest BCUT2D eigenvalue weighted by Gasteiger charge is 2.42. The van der Waals surface area contributed by atoms with Gasteiger partial charge in [0, 0.05) is 7.05 Å². The zero-order valence-electron chi connectivity index (χ0n) is 8.82. The van der Waals surface area contributed by atoms with Gasteiger partial charge in [0.05, 0.1) is 6.67 Å². The number of carbonyl (C=O) groups excluding carboxylic acids is 1. The van der Waals surface area contributed by atoms with Gasteiger partial charge in [-0.15, -0.1) is 0 Å². The number of nitrogens with one attached hydrogen (secondary N) is 1. The Morgan fingerprint density at radius 1 is 1.40 bits per heavy atom. The highest BCUT2D eigenvalue weighted by molar-refractivity contribution is 5.89. The maximum absolute atomic E-state index is 11.9. The Morgan fingerprint density at radius 3 is 2.47 bits per heavy atom. The number of phenolic OH excluding ortho intramolecular Hbond substituents is 1. The molecule has 4 nitrogen and oxygen atoms in total. The summed E-state index contributed by atoms with van der Waals surface area (Å²) in [5.41, 5.74) is 0.206. The number of benzene rings is 1. The van der Waals surface area contributed by atoms with Crippen LogP contribution in [0.15, 0.2) is 24.3 Å². The zero-order chi connectivity index (χ0) is 11.1. The Balaban J connectivity index is 2.38. The Labute approximate surface area is 88.5 Å². The van der Waals surface area contributed by atoms with E-state index in [1.54, 1.807) is 36.2 Å². The van der Waals surface area contributed by atoms with E-state index in [1.165, 1.54) is 0 Å². The molecule has 15 heavy (non-hydrogen) atoms. The molecule has 1 aliphatic heterocycles. The van der Waals surface area contributed by atoms with Gasteiger partial charge in [0.2, 0.25) is 5.91 Å². The van der Waals surface area contributed by atoms with E-state index in [0.29, 0.717) is 6.67 Å². The SMILES string of the molecule is CN1CN[C@@](C)(c2ccc(O)cc2)C1=O. The van der Waals surface area contributed by atoms with E-state index in [-0.39, 0.29) is 11.7 Å². The van der Waals surface area contributed by atoms with Gasteiger partial charge >= 0.3 is 0 Å². The zero-order valence-corrected chi connectivity index (χ0v) is 8.82. The monoisotopic (exact) mass is 206 g/mol. The minimum absolute atomic E-state index is 0.0492. The van der Waals surface area contributed by atoms with E-state index in [4.69, 9.17) is 0 Å². The van der Waals surface area contributed by atoms with Crippen molar-refractivity contribution in [3.8, 4) is 5.75 Å². The number of likely N-dealkylation sites (N-methyl/N-ethyl adjacent to an activating group) is 1. The molecule has 1 saturated heterocycles. The molecule has 1 aromatic carbocycles. The molecule has 2 rings (SSSR count). The third-order valence-electron chi connectivity index (χ3n) is 2.89. The van der Waals surface area contributed by atoms with E-state index in [0.717, 1.165) is 5.56 Å². The van der Waals surface area contributed by atoms with Crippen molar-refractivity contribution in [3.05, 3.63) is 29.8 Å². The number of carbonyl (C=O) groups is 1. The highest BCUT2D eigenvalue weighted by atomic mass is 16.3. The molecular weight excluding hydrogens is 192 g/mol. The standard InChI is InChI=1S/C11H14N2O2/c1-11(10(15)13(2)7-12-11)8-3-5-9(14)6-4-8/h3-6,12,14H,7H2,1-2H3/t11-/m0/s1. The normalized spacial score (nSPS) is 26.0. The lowest BCUT2D eigenvalue weighted by Crippen LogP contribution is -2.40. The fourth-order valence-corrected chi connectivity index (χ4v) is 1.83. The molecule has 1 aliphatic rings. The minimum Gasteiger partial charge on any atom is -0.508 e. The third-order valence-corrected chi connectivity index (χ3v) is 2.89. The summed E-state index contributed by atoms with van der Waals surface area (Å²) in [5.74, 6) is 0.259. The molecule has 80 valence electrons. The molecule has 0 saturated carbocycles. The molecular formula is C11H14N2O2. The van der Waals surface area contributed by atoms with E-state index >= 15 is 0 Å². The van der Waals surface area contributed by atoms with Gasteiger partial charge in [0.15, 0.2) is 0 Å². The lowest BCUT2D eigenvalue weighted by Gasteiger charge is -2.22. The Morgan fingerprint density at radius 2 is 2.00 bits per heavy atom. The predicted octanol–water partition coefficient (Wildman–Crippen LogP) is 0.626. The van der Waals surface area contributed by atoms with Crippen molar-refractivity contribution in [2.45, 2.75) is 12.5 Å². The predicted molar refractivity (Wildman–Crippen MR) is 56.2 cm³/mol. The molecule has 1 fully saturated rings. The number of hydrogen-bond acceptors (Lipinski definition) is 3. The molecule has 1 aromatic rings. The average Bonchev–Trinajstić information content (AvgIpc) is 2.48. The first-order valence-electron chi connectivity index (χ1n) is 4.84. The van der Waals surface area contributed by atoms with Gasteiger partial charge in [-0.1, -0.05) is 12.1 Å². The van der Waals surface area contributed by atoms with E-state index in [2.05, 4.69) is 5.32 Å². The van der Waals surface area contributed by atoms with Gasteiger partial charge in [-0.3, -0.25) is 10.1 Å². The first kappa shape index (κ1) is 9.98. The van der Waals surface area contributed by atoms with Crippen LogP contribution in [0.3, 0.4) is 0 Å². The van der Waals surface area contributed by atoms with Crippen LogP contribution in [0.1, 0.15) is 12.5 Å². The maximum atomic E-state index is 11.9. The van der Waals surface area contributed by atoms with Crippen LogP contribution in [0.5, 0.6) is 5.75 Å². The summed E-state index contributed by atoms with van der Waals surface area (Å²) >= 11 is 0. The lowest BCUT2D eigenvalue weighted by atomic mass is 9.92. The number of hydrogen-bond donors (Lipinski definition) is 2. The molecule has 2 N–H and O–H groups in total. The molecule has 4 heteroatoms. The summed E-state index contributed by atoms with van der Waals surface area (Å²) in [4.78, 5) is 13.6. The summed E-state index contributed by atoms with van der Waals surface area (Å²) in [6, 6.07) is 6.71. The van der Waals surface area contributed by atoms with Crippen molar-refractivity contribution in [2.75, 3.05) is 13.7 Å². The molecule has 0 spiro atoms. The van der Waals surface area contributed by atoms with Crippen molar-refractivity contribution in [3.63, 3.8) is 0 Å². The molecule has 1 atom stereocenters. The van der Waals surface area contributed by atoms with Crippen LogP contribution in [0.25, 0.3) is 0 Å². The lowest BCUT2D eigenvalue weighted by molar-refractivity contribution is -0.131. The number of phenols is 1. The topological polar surface area (TPSA) is 52.6 Å². The molecule has 1 amide bonds. The van der Waals surface area contributed by atoms with E-state index < -0.39 is 5.54 Å². The molecule has 0 unspecified atom stereocenters. The van der Waals surface area contributed by atoms with Crippen molar-refractivity contribution >= 4 is 5.91 Å². The van der Waals surface area contributed by atoms with Crippen LogP contribution in [0.4, 0.5) is 0 Å². The van der Waals surface area contributed by atoms with Crippen molar-refractivity contribution in [2.24, 2.45) is 0 Å². The van der Waals surface area contributed by atoms with Crippen LogP contribution >= 0.6 is 0 Å². The number of aromatic hydroxyl groups is 1. The second-order valence-electron chi connectivity index (χ2n) is 4.01. The third kappa shape index (κ3) is 1.47. The molecule has 0 bridgehead atoms. The molecule has 0 aromatic heterocycles. The molecule has 0 aliphatic carbocycles. The minimum atomic E-state index is -0.664. The smallest absolute Gasteiger partial charge is 0.248 e. The van der Waals surface area contributed by atoms with Gasteiger partial charge in [0.1, 0.15) is 11.3 Å². The number of rotatable bonds is 1. The average molecular weight is 206 g/mol. The Kier molecular flexibility index (Phi) is 2.16. The number of amides is 1. The summed E-state index contributed by atoms with van der Waals surface area (Å²) in [6.45, 7) is 2.40. The van der Waals surface area contributed by atoms with Gasteiger partial charge in [-0.2, -0.15) is 0 Å². The fraction of sp³-hybridized carbons (Fsp3) is 0.364. The molecule has 0 radical (unpaired) electrons. The first-order valence-corrected chi connectivity index (χ1v) is 4.84. The van der Waals surface area contributed by atoms with Gasteiger partial charge in [0.25, 0.3) is 0 Å². The van der Waals surface area contributed by atoms with Crippen LogP contribution in [-0.4, -0.2) is 29.6 Å². The summed E-state index contributed by atoms with van der Waals surface area (Å²) in [7, 11) is 1.76. The summed E-state index contributed by atoms with van der Waals surface area (Å²) < 4.78 is 0. The Bertz CT molecular complexity index is 388. The fourth-order valence-electron chi connectivity index (χ4n) is 1.83. The summed E-state index contributed by atoms with van der Waals surface area (Å²) in [5, 5.41) is 12.3. The van der Waals surface area contributed by atoms with Crippen molar-refractivity contribution < 1.29 is 9.90 Å². The van der Waals surface area contributed by atoms with Crippen molar-refractivity contribution in [1.29, 1.82) is 0 Å². The highest BCUT2D eigenvalue weighted by Crippen LogP contribution is 2.27. The van der Waals surface area contributed by atoms with Gasteiger partial charge in [-0.25, -0.2) is 0 Å². The van der Waals surface area contributed by atoms with Crippen LogP contribution in [0.2, 0.25) is 0 Å². The quantitative estimate of drug-likeness (QED) is 0.708. The first-order chi connectivity index (χ1) is 7.04. The number of nitrogens with zero attached hydrogens (tertiary/aromatic N) is 1. The Hall–Kier alpha value is -1.55. The second-order valence-corrected chi connectivity index (χ2v) is 4.01. The second kappa shape index (κ2) is 3.24. The van der Waals surface area contributed by atoms with Crippen LogP contribution in [-0.2, 0) is 10.3 Å². The van der Waals surface area contributed by atoms with E-state index in [1.807, 2.05) is 6.92 Å². The van der Waals surface area contributed by atoms with Crippen molar-refractivity contribution in [1.82, 2.24) is 10.2 Å². The largest absolute Gasteiger partial charge is 0.508 e. The van der Waals surface area contributed by atoms with E-state index in [9.17, 15) is 9.90 Å². The van der Waals surface area contributed by atoms with Gasteiger partial charge < -0.3 is 10.0 Å². The van der Waals surface area contributed by atoms with Crippen LogP contribution < -0.4 is 5.32 Å².